The van der Waals surface area contributed by atoms with Crippen molar-refractivity contribution in [3.63, 3.8) is 0 Å². The van der Waals surface area contributed by atoms with Gasteiger partial charge in [-0.1, -0.05) is 54.1 Å². The lowest BCUT2D eigenvalue weighted by Crippen LogP contribution is -2.40. The van der Waals surface area contributed by atoms with E-state index >= 15 is 0 Å². The standard InChI is InChI=1S/C21H24BrNO4/c1-12(2)10-26-20(25)17-16-8-9-21(27-16)11-23(19(24)18(17)21)13(3)14-4-6-15(22)7-5-14/h4-9,12-13,16-18H,10-11H2,1-3H3/t13-,16+,17-,18+,21-/m0/s1. The third kappa shape index (κ3) is 3.03. The van der Waals surface area contributed by atoms with Crippen LogP contribution in [-0.2, 0) is 19.1 Å². The zero-order chi connectivity index (χ0) is 19.3. The summed E-state index contributed by atoms with van der Waals surface area (Å²) in [5, 5.41) is 0. The molecule has 3 aliphatic rings. The Morgan fingerprint density at radius 2 is 2.04 bits per heavy atom. The van der Waals surface area contributed by atoms with Gasteiger partial charge in [0, 0.05) is 4.47 Å². The highest BCUT2D eigenvalue weighted by Gasteiger charge is 2.67. The van der Waals surface area contributed by atoms with E-state index in [9.17, 15) is 9.59 Å². The first-order valence-electron chi connectivity index (χ1n) is 9.42. The number of amides is 1. The second kappa shape index (κ2) is 6.74. The molecule has 0 aromatic heterocycles. The fourth-order valence-corrected chi connectivity index (χ4v) is 4.66. The van der Waals surface area contributed by atoms with Crippen LogP contribution >= 0.6 is 15.9 Å². The molecule has 2 saturated heterocycles. The number of benzene rings is 1. The molecule has 0 unspecified atom stereocenters. The Morgan fingerprint density at radius 3 is 2.70 bits per heavy atom. The van der Waals surface area contributed by atoms with Gasteiger partial charge in [-0.05, 0) is 30.5 Å². The summed E-state index contributed by atoms with van der Waals surface area (Å²) < 4.78 is 12.6. The maximum absolute atomic E-state index is 13.3. The lowest BCUT2D eigenvalue weighted by atomic mass is 9.77. The van der Waals surface area contributed by atoms with E-state index in [0.717, 1.165) is 10.0 Å². The van der Waals surface area contributed by atoms with Gasteiger partial charge in [0.1, 0.15) is 11.5 Å². The number of likely N-dealkylation sites (tertiary alicyclic amines) is 1. The van der Waals surface area contributed by atoms with E-state index in [1.807, 2.05) is 62.1 Å². The third-order valence-corrected chi connectivity index (χ3v) is 6.31. The molecule has 2 fully saturated rings. The highest BCUT2D eigenvalue weighted by atomic mass is 79.9. The van der Waals surface area contributed by atoms with Crippen molar-refractivity contribution in [3.05, 3.63) is 46.5 Å². The molecule has 27 heavy (non-hydrogen) atoms. The first kappa shape index (κ1) is 18.7. The minimum atomic E-state index is -0.701. The van der Waals surface area contributed by atoms with Gasteiger partial charge in [0.25, 0.3) is 0 Å². The monoisotopic (exact) mass is 433 g/mol. The third-order valence-electron chi connectivity index (χ3n) is 5.78. The average Bonchev–Trinajstić information content (AvgIpc) is 3.28. The molecule has 1 aromatic carbocycles. The molecule has 0 N–H and O–H groups in total. The molecule has 1 amide bonds. The average molecular weight is 434 g/mol. The van der Waals surface area contributed by atoms with Crippen LogP contribution in [0.15, 0.2) is 40.9 Å². The lowest BCUT2D eigenvalue weighted by Gasteiger charge is -2.27. The highest BCUT2D eigenvalue weighted by Crippen LogP contribution is 2.53. The van der Waals surface area contributed by atoms with Gasteiger partial charge in [-0.2, -0.15) is 0 Å². The van der Waals surface area contributed by atoms with Gasteiger partial charge in [-0.3, -0.25) is 9.59 Å². The molecule has 4 rings (SSSR count). The van der Waals surface area contributed by atoms with Gasteiger partial charge in [-0.25, -0.2) is 0 Å². The fraction of sp³-hybridized carbons (Fsp3) is 0.524. The molecule has 2 bridgehead atoms. The maximum atomic E-state index is 13.3. The van der Waals surface area contributed by atoms with Crippen LogP contribution < -0.4 is 0 Å². The van der Waals surface area contributed by atoms with Crippen molar-refractivity contribution in [2.24, 2.45) is 17.8 Å². The largest absolute Gasteiger partial charge is 0.465 e. The van der Waals surface area contributed by atoms with E-state index in [0.29, 0.717) is 13.2 Å². The molecule has 1 spiro atoms. The van der Waals surface area contributed by atoms with E-state index in [4.69, 9.17) is 9.47 Å². The van der Waals surface area contributed by atoms with Gasteiger partial charge in [-0.15, -0.1) is 0 Å². The SMILES string of the molecule is CC(C)COC(=O)[C@H]1[C@H]2C=C[C@@]3(CN([C@@H](C)c4ccc(Br)cc4)C(=O)[C@@H]13)O2. The van der Waals surface area contributed by atoms with Crippen molar-refractivity contribution in [3.8, 4) is 0 Å². The van der Waals surface area contributed by atoms with Gasteiger partial charge in [0.15, 0.2) is 0 Å². The number of hydrogen-bond acceptors (Lipinski definition) is 4. The second-order valence-electron chi connectivity index (χ2n) is 8.12. The molecule has 0 saturated carbocycles. The van der Waals surface area contributed by atoms with Crippen molar-refractivity contribution < 1.29 is 19.1 Å². The summed E-state index contributed by atoms with van der Waals surface area (Å²) in [6.45, 7) is 6.83. The van der Waals surface area contributed by atoms with E-state index in [1.54, 1.807) is 0 Å². The summed E-state index contributed by atoms with van der Waals surface area (Å²) in [7, 11) is 0. The molecule has 3 aliphatic heterocycles. The number of carbonyl (C=O) groups is 2. The Balaban J connectivity index is 1.57. The normalized spacial score (nSPS) is 32.3. The van der Waals surface area contributed by atoms with E-state index in [2.05, 4.69) is 15.9 Å². The smallest absolute Gasteiger partial charge is 0.312 e. The Labute approximate surface area is 167 Å². The maximum Gasteiger partial charge on any atom is 0.312 e. The van der Waals surface area contributed by atoms with Crippen molar-refractivity contribution in [2.45, 2.75) is 38.5 Å². The van der Waals surface area contributed by atoms with E-state index < -0.39 is 17.4 Å². The van der Waals surface area contributed by atoms with Crippen LogP contribution in [0, 0.1) is 17.8 Å². The molecule has 0 radical (unpaired) electrons. The molecule has 5 atom stereocenters. The zero-order valence-electron chi connectivity index (χ0n) is 15.7. The van der Waals surface area contributed by atoms with Crippen LogP contribution in [0.5, 0.6) is 0 Å². The van der Waals surface area contributed by atoms with Crippen LogP contribution in [0.4, 0.5) is 0 Å². The topological polar surface area (TPSA) is 55.8 Å². The minimum Gasteiger partial charge on any atom is -0.465 e. The molecule has 3 heterocycles. The van der Waals surface area contributed by atoms with Gasteiger partial charge < -0.3 is 14.4 Å². The van der Waals surface area contributed by atoms with Gasteiger partial charge in [0.2, 0.25) is 5.91 Å². The van der Waals surface area contributed by atoms with Crippen LogP contribution in [0.3, 0.4) is 0 Å². The number of hydrogen-bond donors (Lipinski definition) is 0. The molecule has 0 aliphatic carbocycles. The number of carbonyl (C=O) groups excluding carboxylic acids is 2. The zero-order valence-corrected chi connectivity index (χ0v) is 17.3. The molecule has 144 valence electrons. The molecule has 1 aromatic rings. The predicted octanol–water partition coefficient (Wildman–Crippen LogP) is 3.49. The summed E-state index contributed by atoms with van der Waals surface area (Å²) in [5.41, 5.74) is 0.354. The Morgan fingerprint density at radius 1 is 1.33 bits per heavy atom. The molecular weight excluding hydrogens is 410 g/mol. The lowest BCUT2D eigenvalue weighted by molar-refractivity contribution is -0.155. The van der Waals surface area contributed by atoms with Crippen LogP contribution in [-0.4, -0.2) is 41.6 Å². The quantitative estimate of drug-likeness (QED) is 0.526. The highest BCUT2D eigenvalue weighted by molar-refractivity contribution is 9.10. The van der Waals surface area contributed by atoms with Crippen molar-refractivity contribution in [1.82, 2.24) is 4.90 Å². The number of ether oxygens (including phenoxy) is 2. The Kier molecular flexibility index (Phi) is 4.67. The Bertz CT molecular complexity index is 790. The first-order chi connectivity index (χ1) is 12.8. The van der Waals surface area contributed by atoms with E-state index in [1.165, 1.54) is 0 Å². The van der Waals surface area contributed by atoms with Crippen LogP contribution in [0.2, 0.25) is 0 Å². The number of rotatable bonds is 5. The summed E-state index contributed by atoms with van der Waals surface area (Å²) in [6, 6.07) is 7.88. The van der Waals surface area contributed by atoms with Crippen LogP contribution in [0.1, 0.15) is 32.4 Å². The van der Waals surface area contributed by atoms with Gasteiger partial charge >= 0.3 is 5.97 Å². The van der Waals surface area contributed by atoms with Crippen molar-refractivity contribution in [2.75, 3.05) is 13.2 Å². The molecular formula is C21H24BrNO4. The summed E-state index contributed by atoms with van der Waals surface area (Å²) in [4.78, 5) is 27.8. The number of fused-ring (bicyclic) bond motifs is 1. The van der Waals surface area contributed by atoms with Crippen molar-refractivity contribution in [1.29, 1.82) is 0 Å². The first-order valence-corrected chi connectivity index (χ1v) is 10.2. The van der Waals surface area contributed by atoms with Gasteiger partial charge in [0.05, 0.1) is 31.2 Å². The number of esters is 1. The summed E-state index contributed by atoms with van der Waals surface area (Å²) in [6.07, 6.45) is 3.53. The predicted molar refractivity (Wildman–Crippen MR) is 104 cm³/mol. The van der Waals surface area contributed by atoms with Crippen LogP contribution in [0.25, 0.3) is 0 Å². The second-order valence-corrected chi connectivity index (χ2v) is 9.03. The summed E-state index contributed by atoms with van der Waals surface area (Å²) in [5.74, 6) is -1.14. The minimum absolute atomic E-state index is 0.0243. The number of nitrogens with zero attached hydrogens (tertiary/aromatic N) is 1. The molecule has 5 nitrogen and oxygen atoms in total. The van der Waals surface area contributed by atoms with E-state index in [-0.39, 0.29) is 29.9 Å². The fourth-order valence-electron chi connectivity index (χ4n) is 4.39. The Hall–Kier alpha value is -1.66. The molecule has 6 heteroatoms. The summed E-state index contributed by atoms with van der Waals surface area (Å²) >= 11 is 3.44. The van der Waals surface area contributed by atoms with Crippen molar-refractivity contribution >= 4 is 27.8 Å². The number of halogens is 1.